The van der Waals surface area contributed by atoms with Crippen LogP contribution >= 0.6 is 0 Å². The van der Waals surface area contributed by atoms with Gasteiger partial charge in [-0.25, -0.2) is 0 Å². The van der Waals surface area contributed by atoms with E-state index in [0.29, 0.717) is 12.5 Å². The highest BCUT2D eigenvalue weighted by Gasteiger charge is 2.27. The second kappa shape index (κ2) is 7.84. The first-order valence-corrected chi connectivity index (χ1v) is 9.41. The molecule has 1 aliphatic rings. The molecule has 3 aromatic rings. The number of hydrogen-bond acceptors (Lipinski definition) is 4. The van der Waals surface area contributed by atoms with Crippen molar-refractivity contribution in [1.29, 1.82) is 0 Å². The zero-order chi connectivity index (χ0) is 18.6. The van der Waals surface area contributed by atoms with E-state index in [1.807, 2.05) is 30.2 Å². The van der Waals surface area contributed by atoms with Gasteiger partial charge in [0.1, 0.15) is 6.61 Å². The van der Waals surface area contributed by atoms with Crippen LogP contribution in [0, 0.1) is 0 Å². The average Bonchev–Trinajstić information content (AvgIpc) is 3.22. The predicted molar refractivity (Wildman–Crippen MR) is 105 cm³/mol. The molecule has 1 amide bonds. The van der Waals surface area contributed by atoms with Crippen molar-refractivity contribution in [1.82, 2.24) is 14.9 Å². The van der Waals surface area contributed by atoms with Crippen LogP contribution in [-0.4, -0.2) is 47.1 Å². The van der Waals surface area contributed by atoms with Gasteiger partial charge < -0.3 is 9.64 Å². The average molecular weight is 361 g/mol. The number of ether oxygens (including phenoxy) is 1. The Morgan fingerprint density at radius 2 is 2.11 bits per heavy atom. The highest BCUT2D eigenvalue weighted by Crippen LogP contribution is 2.30. The van der Waals surface area contributed by atoms with E-state index in [-0.39, 0.29) is 12.5 Å². The SMILES string of the molecule is CCOCC(=O)N1CCC(c2ccnc(-c3ccc4ncccc4c3)c2)C1. The van der Waals surface area contributed by atoms with Crippen LogP contribution < -0.4 is 0 Å². The number of fused-ring (bicyclic) bond motifs is 1. The Bertz CT molecular complexity index is 957. The maximum Gasteiger partial charge on any atom is 0.248 e. The van der Waals surface area contributed by atoms with Gasteiger partial charge in [-0.05, 0) is 49.2 Å². The van der Waals surface area contributed by atoms with Crippen molar-refractivity contribution in [2.45, 2.75) is 19.3 Å². The lowest BCUT2D eigenvalue weighted by Crippen LogP contribution is -2.31. The van der Waals surface area contributed by atoms with Gasteiger partial charge in [0, 0.05) is 49.0 Å². The van der Waals surface area contributed by atoms with E-state index in [9.17, 15) is 4.79 Å². The van der Waals surface area contributed by atoms with E-state index in [1.165, 1.54) is 5.56 Å². The van der Waals surface area contributed by atoms with Crippen LogP contribution in [0.4, 0.5) is 0 Å². The Morgan fingerprint density at radius 1 is 1.19 bits per heavy atom. The van der Waals surface area contributed by atoms with Crippen LogP contribution in [0.1, 0.15) is 24.8 Å². The maximum absolute atomic E-state index is 12.2. The molecule has 0 spiro atoms. The number of likely N-dealkylation sites (tertiary alicyclic amines) is 1. The molecule has 138 valence electrons. The van der Waals surface area contributed by atoms with Crippen LogP contribution in [0.5, 0.6) is 0 Å². The van der Waals surface area contributed by atoms with Gasteiger partial charge in [0.2, 0.25) is 5.91 Å². The summed E-state index contributed by atoms with van der Waals surface area (Å²) in [5.41, 5.74) is 4.26. The van der Waals surface area contributed by atoms with E-state index >= 15 is 0 Å². The summed E-state index contributed by atoms with van der Waals surface area (Å²) in [5, 5.41) is 1.11. The normalized spacial score (nSPS) is 16.8. The third kappa shape index (κ3) is 3.83. The van der Waals surface area contributed by atoms with Gasteiger partial charge in [0.25, 0.3) is 0 Å². The van der Waals surface area contributed by atoms with Gasteiger partial charge in [0.15, 0.2) is 0 Å². The third-order valence-electron chi connectivity index (χ3n) is 5.12. The topological polar surface area (TPSA) is 55.3 Å². The molecule has 1 aliphatic heterocycles. The Morgan fingerprint density at radius 3 is 3.00 bits per heavy atom. The van der Waals surface area contributed by atoms with Crippen molar-refractivity contribution in [2.75, 3.05) is 26.3 Å². The fourth-order valence-corrected chi connectivity index (χ4v) is 3.63. The molecule has 1 unspecified atom stereocenters. The number of benzene rings is 1. The van der Waals surface area contributed by atoms with Crippen LogP contribution in [0.3, 0.4) is 0 Å². The summed E-state index contributed by atoms with van der Waals surface area (Å²) >= 11 is 0. The van der Waals surface area contributed by atoms with Crippen molar-refractivity contribution in [2.24, 2.45) is 0 Å². The lowest BCUT2D eigenvalue weighted by atomic mass is 9.97. The number of hydrogen-bond donors (Lipinski definition) is 0. The molecule has 1 atom stereocenters. The van der Waals surface area contributed by atoms with Gasteiger partial charge in [-0.3, -0.25) is 14.8 Å². The van der Waals surface area contributed by atoms with Crippen LogP contribution in [0.25, 0.3) is 22.2 Å². The second-order valence-electron chi connectivity index (χ2n) is 6.85. The molecule has 5 nitrogen and oxygen atoms in total. The number of nitrogens with zero attached hydrogens (tertiary/aromatic N) is 3. The van der Waals surface area contributed by atoms with Gasteiger partial charge in [-0.15, -0.1) is 0 Å². The molecule has 0 bridgehead atoms. The molecule has 0 N–H and O–H groups in total. The highest BCUT2D eigenvalue weighted by atomic mass is 16.5. The fraction of sp³-hybridized carbons (Fsp3) is 0.318. The first-order chi connectivity index (χ1) is 13.2. The minimum absolute atomic E-state index is 0.0793. The van der Waals surface area contributed by atoms with Crippen LogP contribution in [-0.2, 0) is 9.53 Å². The molecule has 4 rings (SSSR count). The molecule has 5 heteroatoms. The summed E-state index contributed by atoms with van der Waals surface area (Å²) in [7, 11) is 0. The lowest BCUT2D eigenvalue weighted by molar-refractivity contribution is -0.134. The molecule has 0 radical (unpaired) electrons. The molecular formula is C22H23N3O2. The zero-order valence-corrected chi connectivity index (χ0v) is 15.5. The third-order valence-corrected chi connectivity index (χ3v) is 5.12. The summed E-state index contributed by atoms with van der Waals surface area (Å²) in [6, 6.07) is 14.4. The number of pyridine rings is 2. The Hall–Kier alpha value is -2.79. The highest BCUT2D eigenvalue weighted by molar-refractivity contribution is 5.83. The summed E-state index contributed by atoms with van der Waals surface area (Å²) in [6.07, 6.45) is 4.64. The molecule has 27 heavy (non-hydrogen) atoms. The largest absolute Gasteiger partial charge is 0.372 e. The Balaban J connectivity index is 1.53. The molecule has 3 heterocycles. The lowest BCUT2D eigenvalue weighted by Gasteiger charge is -2.17. The minimum atomic E-state index is 0.0793. The summed E-state index contributed by atoms with van der Waals surface area (Å²) in [6.45, 7) is 4.18. The standard InChI is InChI=1S/C22H23N3O2/c1-2-27-15-22(26)25-11-8-19(14-25)16-7-10-24-21(13-16)18-5-6-20-17(12-18)4-3-9-23-20/h3-7,9-10,12-13,19H,2,8,11,14-15H2,1H3. The molecule has 2 aromatic heterocycles. The van der Waals surface area contributed by atoms with Crippen molar-refractivity contribution >= 4 is 16.8 Å². The monoisotopic (exact) mass is 361 g/mol. The van der Waals surface area contributed by atoms with Crippen molar-refractivity contribution in [3.63, 3.8) is 0 Å². The Kier molecular flexibility index (Phi) is 5.12. The minimum Gasteiger partial charge on any atom is -0.372 e. The molecule has 1 saturated heterocycles. The molecule has 0 saturated carbocycles. The fourth-order valence-electron chi connectivity index (χ4n) is 3.63. The van der Waals surface area contributed by atoms with Gasteiger partial charge in [-0.1, -0.05) is 12.1 Å². The van der Waals surface area contributed by atoms with Crippen LogP contribution in [0.2, 0.25) is 0 Å². The van der Waals surface area contributed by atoms with Gasteiger partial charge in [-0.2, -0.15) is 0 Å². The maximum atomic E-state index is 12.2. The number of aromatic nitrogens is 2. The molecule has 0 aliphatic carbocycles. The van der Waals surface area contributed by atoms with E-state index in [2.05, 4.69) is 40.3 Å². The smallest absolute Gasteiger partial charge is 0.248 e. The Labute approximate surface area is 159 Å². The first kappa shape index (κ1) is 17.6. The van der Waals surface area contributed by atoms with Crippen LogP contribution in [0.15, 0.2) is 54.9 Å². The molecule has 1 aromatic carbocycles. The number of carbonyl (C=O) groups is 1. The quantitative estimate of drug-likeness (QED) is 0.696. The zero-order valence-electron chi connectivity index (χ0n) is 15.5. The second-order valence-corrected chi connectivity index (χ2v) is 6.85. The van der Waals surface area contributed by atoms with Crippen molar-refractivity contribution in [3.8, 4) is 11.3 Å². The van der Waals surface area contributed by atoms with Gasteiger partial charge in [0.05, 0.1) is 11.2 Å². The number of amides is 1. The number of rotatable bonds is 5. The summed E-state index contributed by atoms with van der Waals surface area (Å²) < 4.78 is 5.25. The molecule has 1 fully saturated rings. The number of carbonyl (C=O) groups excluding carboxylic acids is 1. The van der Waals surface area contributed by atoms with Crippen molar-refractivity contribution in [3.05, 3.63) is 60.4 Å². The van der Waals surface area contributed by atoms with E-state index in [0.717, 1.165) is 41.7 Å². The van der Waals surface area contributed by atoms with Crippen molar-refractivity contribution < 1.29 is 9.53 Å². The van der Waals surface area contributed by atoms with E-state index < -0.39 is 0 Å². The van der Waals surface area contributed by atoms with Gasteiger partial charge >= 0.3 is 0 Å². The summed E-state index contributed by atoms with van der Waals surface area (Å²) in [4.78, 5) is 23.0. The van der Waals surface area contributed by atoms with E-state index in [4.69, 9.17) is 4.74 Å². The summed E-state index contributed by atoms with van der Waals surface area (Å²) in [5.74, 6) is 0.426. The first-order valence-electron chi connectivity index (χ1n) is 9.41. The predicted octanol–water partition coefficient (Wildman–Crippen LogP) is 3.65. The molecular weight excluding hydrogens is 338 g/mol. The van der Waals surface area contributed by atoms with E-state index in [1.54, 1.807) is 6.20 Å².